The normalized spacial score (nSPS) is 14.6. The number of carbonyl (C=O) groups excluding carboxylic acids is 1. The maximum Gasteiger partial charge on any atom is 0.312 e. The van der Waals surface area contributed by atoms with Gasteiger partial charge < -0.3 is 4.74 Å². The molecule has 0 aliphatic heterocycles. The number of para-hydroxylation sites is 1. The van der Waals surface area contributed by atoms with Crippen molar-refractivity contribution in [1.82, 2.24) is 9.78 Å². The fourth-order valence-electron chi connectivity index (χ4n) is 4.13. The highest BCUT2D eigenvalue weighted by Gasteiger charge is 2.32. The Morgan fingerprint density at radius 2 is 1.65 bits per heavy atom. The Morgan fingerprint density at radius 3 is 2.29 bits per heavy atom. The van der Waals surface area contributed by atoms with E-state index < -0.39 is 15.8 Å². The van der Waals surface area contributed by atoms with Crippen LogP contribution in [0.1, 0.15) is 44.2 Å². The van der Waals surface area contributed by atoms with E-state index in [9.17, 15) is 13.2 Å². The monoisotopic (exact) mass is 438 g/mol. The van der Waals surface area contributed by atoms with Crippen LogP contribution in [0.5, 0.6) is 5.88 Å². The van der Waals surface area contributed by atoms with Crippen LogP contribution in [0.2, 0.25) is 0 Å². The topological polar surface area (TPSA) is 78.3 Å². The predicted octanol–water partition coefficient (Wildman–Crippen LogP) is 4.89. The molecule has 1 aromatic heterocycles. The fraction of sp³-hybridized carbons (Fsp3) is 0.333. The molecular weight excluding hydrogens is 412 g/mol. The van der Waals surface area contributed by atoms with E-state index in [1.165, 1.54) is 29.7 Å². The molecule has 0 unspecified atom stereocenters. The van der Waals surface area contributed by atoms with E-state index in [-0.39, 0.29) is 27.8 Å². The van der Waals surface area contributed by atoms with Gasteiger partial charge in [0.1, 0.15) is 0 Å². The fourth-order valence-corrected chi connectivity index (χ4v) is 5.67. The third-order valence-corrected chi connectivity index (χ3v) is 7.63. The van der Waals surface area contributed by atoms with Gasteiger partial charge in [0.05, 0.1) is 16.3 Å². The number of hydrogen-bond acceptors (Lipinski definition) is 5. The highest BCUT2D eigenvalue weighted by molar-refractivity contribution is 7.91. The molecule has 1 aliphatic rings. The van der Waals surface area contributed by atoms with Crippen LogP contribution in [0, 0.1) is 12.8 Å². The van der Waals surface area contributed by atoms with Crippen molar-refractivity contribution in [2.24, 2.45) is 5.92 Å². The van der Waals surface area contributed by atoms with Gasteiger partial charge in [-0.3, -0.25) is 4.79 Å². The molecule has 0 atom stereocenters. The Hall–Kier alpha value is -2.93. The van der Waals surface area contributed by atoms with Crippen molar-refractivity contribution in [3.05, 3.63) is 66.4 Å². The molecule has 0 spiro atoms. The maximum atomic E-state index is 13.4. The number of sulfone groups is 1. The summed E-state index contributed by atoms with van der Waals surface area (Å²) in [6.45, 7) is 1.62. The number of aromatic nitrogens is 2. The molecule has 0 bridgehead atoms. The van der Waals surface area contributed by atoms with E-state index in [4.69, 9.17) is 4.74 Å². The minimum Gasteiger partial charge on any atom is -0.406 e. The van der Waals surface area contributed by atoms with E-state index in [2.05, 4.69) is 5.10 Å². The first-order valence-corrected chi connectivity index (χ1v) is 12.1. The average molecular weight is 439 g/mol. The van der Waals surface area contributed by atoms with Crippen LogP contribution in [-0.4, -0.2) is 24.2 Å². The molecule has 0 amide bonds. The first-order chi connectivity index (χ1) is 15.0. The van der Waals surface area contributed by atoms with Gasteiger partial charge in [0.25, 0.3) is 0 Å². The van der Waals surface area contributed by atoms with E-state index >= 15 is 0 Å². The second-order valence-corrected chi connectivity index (χ2v) is 9.83. The number of aryl methyl sites for hydroxylation is 1. The van der Waals surface area contributed by atoms with Crippen LogP contribution in [0.15, 0.2) is 70.5 Å². The predicted molar refractivity (Wildman–Crippen MR) is 117 cm³/mol. The third kappa shape index (κ3) is 4.56. The molecule has 0 N–H and O–H groups in total. The largest absolute Gasteiger partial charge is 0.406 e. The lowest BCUT2D eigenvalue weighted by Crippen LogP contribution is -2.15. The van der Waals surface area contributed by atoms with E-state index in [0.29, 0.717) is 11.6 Å². The minimum atomic E-state index is -3.92. The summed E-state index contributed by atoms with van der Waals surface area (Å²) in [5.74, 6) is 0.0540. The van der Waals surface area contributed by atoms with Gasteiger partial charge >= 0.3 is 5.97 Å². The molecule has 1 aliphatic carbocycles. The highest BCUT2D eigenvalue weighted by atomic mass is 32.2. The Bertz CT molecular complexity index is 1150. The number of benzene rings is 2. The molecule has 1 fully saturated rings. The molecule has 1 saturated carbocycles. The van der Waals surface area contributed by atoms with Gasteiger partial charge in [0.15, 0.2) is 4.90 Å². The van der Waals surface area contributed by atoms with Crippen LogP contribution in [0.4, 0.5) is 0 Å². The second-order valence-electron chi connectivity index (χ2n) is 7.95. The number of esters is 1. The molecule has 4 rings (SSSR count). The van der Waals surface area contributed by atoms with Crippen molar-refractivity contribution in [1.29, 1.82) is 0 Å². The zero-order valence-electron chi connectivity index (χ0n) is 17.5. The lowest BCUT2D eigenvalue weighted by molar-refractivity contribution is -0.135. The summed E-state index contributed by atoms with van der Waals surface area (Å²) in [4.78, 5) is 12.8. The first kappa shape index (κ1) is 21.3. The number of ether oxygens (including phenoxy) is 1. The number of rotatable bonds is 7. The molecule has 2 aromatic carbocycles. The van der Waals surface area contributed by atoms with Gasteiger partial charge in [-0.25, -0.2) is 8.42 Å². The van der Waals surface area contributed by atoms with Gasteiger partial charge in [0, 0.05) is 6.42 Å². The molecular formula is C24H26N2O4S. The van der Waals surface area contributed by atoms with Crippen molar-refractivity contribution >= 4 is 15.8 Å². The maximum absolute atomic E-state index is 13.4. The second kappa shape index (κ2) is 9.06. The molecule has 162 valence electrons. The molecule has 6 nitrogen and oxygen atoms in total. The first-order valence-electron chi connectivity index (χ1n) is 10.6. The van der Waals surface area contributed by atoms with Crippen molar-refractivity contribution in [3.8, 4) is 11.6 Å². The lowest BCUT2D eigenvalue weighted by atomic mass is 10.0. The van der Waals surface area contributed by atoms with Crippen molar-refractivity contribution in [2.75, 3.05) is 0 Å². The van der Waals surface area contributed by atoms with Crippen molar-refractivity contribution in [3.63, 3.8) is 0 Å². The van der Waals surface area contributed by atoms with E-state index in [1.54, 1.807) is 37.3 Å². The molecule has 1 heterocycles. The van der Waals surface area contributed by atoms with Crippen LogP contribution in [-0.2, 0) is 14.6 Å². The minimum absolute atomic E-state index is 0.0519. The number of hydrogen-bond donors (Lipinski definition) is 0. The summed E-state index contributed by atoms with van der Waals surface area (Å²) in [5.41, 5.74) is 0.907. The molecule has 7 heteroatoms. The summed E-state index contributed by atoms with van der Waals surface area (Å²) in [6, 6.07) is 17.2. The smallest absolute Gasteiger partial charge is 0.312 e. The zero-order chi connectivity index (χ0) is 21.8. The van der Waals surface area contributed by atoms with E-state index in [0.717, 1.165) is 19.3 Å². The van der Waals surface area contributed by atoms with Crippen molar-refractivity contribution in [2.45, 2.75) is 55.2 Å². The summed E-state index contributed by atoms with van der Waals surface area (Å²) < 4.78 is 34.0. The Labute approximate surface area is 182 Å². The number of nitrogens with zero attached hydrogens (tertiary/aromatic N) is 2. The molecule has 0 saturated heterocycles. The van der Waals surface area contributed by atoms with Crippen LogP contribution in [0.25, 0.3) is 5.69 Å². The average Bonchev–Trinajstić information content (AvgIpc) is 3.41. The summed E-state index contributed by atoms with van der Waals surface area (Å²) in [6.07, 6.45) is 5.72. The van der Waals surface area contributed by atoms with Gasteiger partial charge in [-0.2, -0.15) is 9.78 Å². The van der Waals surface area contributed by atoms with Gasteiger partial charge in [-0.15, -0.1) is 0 Å². The number of carbonyl (C=O) groups is 1. The van der Waals surface area contributed by atoms with Crippen molar-refractivity contribution < 1.29 is 17.9 Å². The van der Waals surface area contributed by atoms with Gasteiger partial charge in [0.2, 0.25) is 15.7 Å². The van der Waals surface area contributed by atoms with Gasteiger partial charge in [-0.1, -0.05) is 62.1 Å². The lowest BCUT2D eigenvalue weighted by Gasteiger charge is -2.12. The summed E-state index contributed by atoms with van der Waals surface area (Å²) in [5, 5.41) is 4.42. The quantitative estimate of drug-likeness (QED) is 0.491. The van der Waals surface area contributed by atoms with Crippen LogP contribution >= 0.6 is 0 Å². The standard InChI is InChI=1S/C24H26N2O4S/c1-18-23(31(28,29)21-14-6-3-7-15-21)24(26(25-18)20-12-4-2-5-13-20)30-22(27)17-16-19-10-8-9-11-19/h2-7,12-15,19H,8-11,16-17H2,1H3. The molecule has 0 radical (unpaired) electrons. The SMILES string of the molecule is Cc1nn(-c2ccccc2)c(OC(=O)CCC2CCCC2)c1S(=O)(=O)c1ccccc1. The Morgan fingerprint density at radius 1 is 1.03 bits per heavy atom. The molecule has 3 aromatic rings. The van der Waals surface area contributed by atoms with E-state index in [1.807, 2.05) is 18.2 Å². The molecule has 31 heavy (non-hydrogen) atoms. The van der Waals surface area contributed by atoms with Crippen LogP contribution < -0.4 is 4.74 Å². The zero-order valence-corrected chi connectivity index (χ0v) is 18.3. The van der Waals surface area contributed by atoms with Crippen LogP contribution in [0.3, 0.4) is 0 Å². The highest BCUT2D eigenvalue weighted by Crippen LogP contribution is 2.35. The Kier molecular flexibility index (Phi) is 6.23. The summed E-state index contributed by atoms with van der Waals surface area (Å²) >= 11 is 0. The summed E-state index contributed by atoms with van der Waals surface area (Å²) in [7, 11) is -3.92. The Balaban J connectivity index is 1.72. The van der Waals surface area contributed by atoms with Gasteiger partial charge in [-0.05, 0) is 43.5 Å². The third-order valence-electron chi connectivity index (χ3n) is 5.73.